The Morgan fingerprint density at radius 2 is 0.968 bits per heavy atom. The first-order valence-corrected chi connectivity index (χ1v) is 11.9. The fourth-order valence-electron chi connectivity index (χ4n) is 2.46. The third-order valence-electron chi connectivity index (χ3n) is 4.08. The molecule has 10 nitrogen and oxygen atoms in total. The van der Waals surface area contributed by atoms with Crippen LogP contribution in [0.1, 0.15) is 0 Å². The van der Waals surface area contributed by atoms with Crippen LogP contribution >= 0.6 is 15.9 Å². The highest BCUT2D eigenvalue weighted by molar-refractivity contribution is 9.09. The standard InChI is InChI=1S/C20H39BrO10/c21-17-20(31-16-15-28-4-3-23-2-1-22)18-29-13-11-26-9-7-24-5-6-25-8-10-27-12-14-30-19-20/h22H,1-19H2. The van der Waals surface area contributed by atoms with Gasteiger partial charge in [0, 0.05) is 5.33 Å². The van der Waals surface area contributed by atoms with Crippen molar-refractivity contribution in [1.82, 2.24) is 0 Å². The van der Waals surface area contributed by atoms with E-state index < -0.39 is 5.60 Å². The molecule has 1 N–H and O–H groups in total. The van der Waals surface area contributed by atoms with Gasteiger partial charge in [-0.25, -0.2) is 0 Å². The van der Waals surface area contributed by atoms with Gasteiger partial charge in [0.15, 0.2) is 0 Å². The summed E-state index contributed by atoms with van der Waals surface area (Å²) in [5, 5.41) is 9.22. The van der Waals surface area contributed by atoms with Gasteiger partial charge in [0.05, 0.1) is 119 Å². The van der Waals surface area contributed by atoms with Gasteiger partial charge in [-0.2, -0.15) is 0 Å². The lowest BCUT2D eigenvalue weighted by molar-refractivity contribution is -0.138. The highest BCUT2D eigenvalue weighted by Gasteiger charge is 2.31. The Morgan fingerprint density at radius 3 is 1.39 bits per heavy atom. The molecule has 0 amide bonds. The van der Waals surface area contributed by atoms with Crippen molar-refractivity contribution in [1.29, 1.82) is 0 Å². The summed E-state index contributed by atoms with van der Waals surface area (Å²) in [5.74, 6) is 0. The quantitative estimate of drug-likeness (QED) is 0.320. The molecule has 0 spiro atoms. The Kier molecular flexibility index (Phi) is 20.6. The van der Waals surface area contributed by atoms with Gasteiger partial charge in [0.25, 0.3) is 0 Å². The van der Waals surface area contributed by atoms with Crippen LogP contribution in [-0.4, -0.2) is 135 Å². The summed E-state index contributed by atoms with van der Waals surface area (Å²) in [6, 6.07) is 0. The van der Waals surface area contributed by atoms with E-state index in [1.807, 2.05) is 0 Å². The summed E-state index contributed by atoms with van der Waals surface area (Å²) >= 11 is 3.53. The number of hydrogen-bond acceptors (Lipinski definition) is 10. The summed E-state index contributed by atoms with van der Waals surface area (Å²) in [4.78, 5) is 0. The molecule has 0 aliphatic carbocycles. The van der Waals surface area contributed by atoms with Crippen molar-refractivity contribution < 1.29 is 47.7 Å². The Hall–Kier alpha value is 0.0800. The lowest BCUT2D eigenvalue weighted by Gasteiger charge is -2.32. The molecule has 1 aliphatic heterocycles. The van der Waals surface area contributed by atoms with E-state index in [-0.39, 0.29) is 6.61 Å². The number of aliphatic hydroxyl groups excluding tert-OH is 1. The lowest BCUT2D eigenvalue weighted by Crippen LogP contribution is -2.46. The fourth-order valence-corrected chi connectivity index (χ4v) is 2.94. The zero-order valence-electron chi connectivity index (χ0n) is 18.4. The topological polar surface area (TPSA) is 103 Å². The molecule has 1 heterocycles. The van der Waals surface area contributed by atoms with Crippen molar-refractivity contribution >= 4 is 15.9 Å². The van der Waals surface area contributed by atoms with E-state index in [1.54, 1.807) is 0 Å². The second kappa shape index (κ2) is 21.9. The average Bonchev–Trinajstić information content (AvgIpc) is 2.79. The molecule has 0 saturated carbocycles. The van der Waals surface area contributed by atoms with E-state index in [0.29, 0.717) is 118 Å². The van der Waals surface area contributed by atoms with E-state index in [4.69, 9.17) is 47.7 Å². The van der Waals surface area contributed by atoms with Crippen LogP contribution in [0, 0.1) is 0 Å². The first-order chi connectivity index (χ1) is 15.3. The van der Waals surface area contributed by atoms with Crippen LogP contribution in [0.2, 0.25) is 0 Å². The maximum Gasteiger partial charge on any atom is 0.124 e. The number of alkyl halides is 1. The molecule has 186 valence electrons. The molecule has 1 saturated heterocycles. The predicted octanol–water partition coefficient (Wildman–Crippen LogP) is 0.275. The number of ether oxygens (including phenoxy) is 9. The van der Waals surface area contributed by atoms with Crippen molar-refractivity contribution in [2.24, 2.45) is 0 Å². The Bertz CT molecular complexity index is 358. The monoisotopic (exact) mass is 518 g/mol. The Labute approximate surface area is 193 Å². The van der Waals surface area contributed by atoms with Gasteiger partial charge >= 0.3 is 0 Å². The minimum Gasteiger partial charge on any atom is -0.394 e. The van der Waals surface area contributed by atoms with Crippen LogP contribution in [0.15, 0.2) is 0 Å². The Balaban J connectivity index is 2.37. The molecule has 0 radical (unpaired) electrons. The van der Waals surface area contributed by atoms with Crippen molar-refractivity contribution in [2.75, 3.05) is 124 Å². The molecular formula is C20H39BrO10. The van der Waals surface area contributed by atoms with Crippen LogP contribution in [0.5, 0.6) is 0 Å². The van der Waals surface area contributed by atoms with Crippen LogP contribution in [0.3, 0.4) is 0 Å². The molecule has 1 aliphatic rings. The minimum atomic E-state index is -0.647. The highest BCUT2D eigenvalue weighted by atomic mass is 79.9. The average molecular weight is 519 g/mol. The first kappa shape index (κ1) is 29.1. The number of aliphatic hydroxyl groups is 1. The molecule has 0 aromatic rings. The van der Waals surface area contributed by atoms with Crippen molar-refractivity contribution in [3.8, 4) is 0 Å². The molecule has 0 aromatic carbocycles. The summed E-state index contributed by atoms with van der Waals surface area (Å²) in [5.41, 5.74) is -0.647. The van der Waals surface area contributed by atoms with Gasteiger partial charge in [0.2, 0.25) is 0 Å². The SMILES string of the molecule is OCCOCCOCCOC1(CBr)COCCOCCOCCOCCOCCOC1. The second-order valence-electron chi connectivity index (χ2n) is 6.67. The van der Waals surface area contributed by atoms with Gasteiger partial charge in [-0.1, -0.05) is 15.9 Å². The van der Waals surface area contributed by atoms with Crippen LogP contribution in [-0.2, 0) is 42.6 Å². The zero-order valence-corrected chi connectivity index (χ0v) is 20.0. The van der Waals surface area contributed by atoms with Gasteiger partial charge in [-0.15, -0.1) is 0 Å². The molecular weight excluding hydrogens is 480 g/mol. The van der Waals surface area contributed by atoms with Gasteiger partial charge in [0.1, 0.15) is 5.60 Å². The van der Waals surface area contributed by atoms with E-state index in [0.717, 1.165) is 0 Å². The lowest BCUT2D eigenvalue weighted by atomic mass is 10.1. The third kappa shape index (κ3) is 17.3. The molecule has 31 heavy (non-hydrogen) atoms. The number of halogens is 1. The largest absolute Gasteiger partial charge is 0.394 e. The third-order valence-corrected chi connectivity index (χ3v) is 5.10. The fraction of sp³-hybridized carbons (Fsp3) is 1.00. The zero-order chi connectivity index (χ0) is 22.3. The van der Waals surface area contributed by atoms with Crippen molar-refractivity contribution in [3.05, 3.63) is 0 Å². The molecule has 0 aromatic heterocycles. The molecule has 1 rings (SSSR count). The van der Waals surface area contributed by atoms with E-state index in [9.17, 15) is 0 Å². The van der Waals surface area contributed by atoms with Crippen molar-refractivity contribution in [2.45, 2.75) is 5.60 Å². The smallest absolute Gasteiger partial charge is 0.124 e. The summed E-state index contributed by atoms with van der Waals surface area (Å²) in [6.45, 7) is 7.70. The normalized spacial score (nSPS) is 21.1. The van der Waals surface area contributed by atoms with Crippen molar-refractivity contribution in [3.63, 3.8) is 0 Å². The molecule has 1 fully saturated rings. The van der Waals surface area contributed by atoms with Crippen LogP contribution < -0.4 is 0 Å². The molecule has 11 heteroatoms. The van der Waals surface area contributed by atoms with Gasteiger partial charge < -0.3 is 47.7 Å². The van der Waals surface area contributed by atoms with Crippen LogP contribution in [0.4, 0.5) is 0 Å². The summed E-state index contributed by atoms with van der Waals surface area (Å²) in [7, 11) is 0. The summed E-state index contributed by atoms with van der Waals surface area (Å²) < 4.78 is 50.2. The minimum absolute atomic E-state index is 0.00845. The summed E-state index contributed by atoms with van der Waals surface area (Å²) in [6.07, 6.45) is 0. The molecule has 0 bridgehead atoms. The molecule has 0 unspecified atom stereocenters. The van der Waals surface area contributed by atoms with E-state index in [2.05, 4.69) is 15.9 Å². The highest BCUT2D eigenvalue weighted by Crippen LogP contribution is 2.17. The first-order valence-electron chi connectivity index (χ1n) is 10.8. The second-order valence-corrected chi connectivity index (χ2v) is 7.23. The number of hydrogen-bond donors (Lipinski definition) is 1. The predicted molar refractivity (Wildman–Crippen MR) is 116 cm³/mol. The maximum absolute atomic E-state index is 8.67. The van der Waals surface area contributed by atoms with Gasteiger partial charge in [-0.3, -0.25) is 0 Å². The van der Waals surface area contributed by atoms with E-state index in [1.165, 1.54) is 0 Å². The van der Waals surface area contributed by atoms with E-state index >= 15 is 0 Å². The Morgan fingerprint density at radius 1 is 0.581 bits per heavy atom. The van der Waals surface area contributed by atoms with Crippen LogP contribution in [0.25, 0.3) is 0 Å². The number of rotatable bonds is 10. The molecule has 0 atom stereocenters. The maximum atomic E-state index is 8.67. The van der Waals surface area contributed by atoms with Gasteiger partial charge in [-0.05, 0) is 0 Å².